The van der Waals surface area contributed by atoms with Crippen molar-refractivity contribution in [2.24, 2.45) is 0 Å². The molecule has 45 heavy (non-hydrogen) atoms. The number of fused-ring (bicyclic) bond motifs is 2. The molecule has 0 saturated carbocycles. The van der Waals surface area contributed by atoms with Gasteiger partial charge in [0, 0.05) is 68.4 Å². The summed E-state index contributed by atoms with van der Waals surface area (Å²) in [6.07, 6.45) is 6.41. The molecule has 1 fully saturated rings. The number of hydrogen-bond acceptors (Lipinski definition) is 9. The summed E-state index contributed by atoms with van der Waals surface area (Å²) in [6, 6.07) is 20.1. The average Bonchev–Trinajstić information content (AvgIpc) is 3.06. The van der Waals surface area contributed by atoms with Crippen molar-refractivity contribution in [3.8, 4) is 5.69 Å². The first-order valence-corrected chi connectivity index (χ1v) is 15.7. The summed E-state index contributed by atoms with van der Waals surface area (Å²) < 4.78 is 1.64. The Kier molecular flexibility index (Phi) is 8.93. The molecule has 5 aromatic rings. The number of rotatable bonds is 5. The number of benzene rings is 2. The Hall–Kier alpha value is -4.96. The maximum atomic E-state index is 14.2. The summed E-state index contributed by atoms with van der Waals surface area (Å²) in [5.41, 5.74) is 6.83. The zero-order valence-corrected chi connectivity index (χ0v) is 26.5. The van der Waals surface area contributed by atoms with Gasteiger partial charge in [-0.3, -0.25) is 14.3 Å². The minimum absolute atomic E-state index is 0.161. The molecule has 10 heteroatoms. The fraction of sp³-hybridized carbons (Fsp3) is 0.314. The fourth-order valence-electron chi connectivity index (χ4n) is 5.78. The minimum Gasteiger partial charge on any atom is -0.381 e. The number of piperazine rings is 1. The van der Waals surface area contributed by atoms with Crippen LogP contribution < -0.4 is 26.0 Å². The second-order valence-electron chi connectivity index (χ2n) is 11.6. The van der Waals surface area contributed by atoms with E-state index < -0.39 is 0 Å². The molecule has 2 aromatic carbocycles. The van der Waals surface area contributed by atoms with Gasteiger partial charge in [-0.05, 0) is 68.1 Å². The molecule has 10 nitrogen and oxygen atoms in total. The van der Waals surface area contributed by atoms with Crippen molar-refractivity contribution in [1.82, 2.24) is 24.4 Å². The van der Waals surface area contributed by atoms with Crippen molar-refractivity contribution in [3.63, 3.8) is 0 Å². The van der Waals surface area contributed by atoms with Crippen LogP contribution in [0.25, 0.3) is 16.7 Å². The van der Waals surface area contributed by atoms with E-state index in [-0.39, 0.29) is 5.56 Å². The Labute approximate surface area is 264 Å². The minimum atomic E-state index is -0.161. The molecule has 3 aromatic heterocycles. The van der Waals surface area contributed by atoms with Crippen molar-refractivity contribution in [2.45, 2.75) is 27.2 Å². The van der Waals surface area contributed by atoms with Crippen LogP contribution >= 0.6 is 0 Å². The number of para-hydroxylation sites is 1. The van der Waals surface area contributed by atoms with Crippen LogP contribution in [0.3, 0.4) is 0 Å². The lowest BCUT2D eigenvalue weighted by Crippen LogP contribution is -2.44. The third-order valence-corrected chi connectivity index (χ3v) is 8.09. The van der Waals surface area contributed by atoms with E-state index in [2.05, 4.69) is 81.3 Å². The lowest BCUT2D eigenvalue weighted by atomic mass is 10.1. The summed E-state index contributed by atoms with van der Waals surface area (Å²) in [6.45, 7) is 11.9. The summed E-state index contributed by atoms with van der Waals surface area (Å²) in [5.74, 6) is 0.419. The normalized spacial score (nSPS) is 14.8. The second kappa shape index (κ2) is 13.4. The highest BCUT2D eigenvalue weighted by atomic mass is 16.1. The van der Waals surface area contributed by atoms with Crippen LogP contribution in [-0.2, 0) is 0 Å². The van der Waals surface area contributed by atoms with E-state index in [0.29, 0.717) is 29.5 Å². The molecular weight excluding hydrogens is 562 g/mol. The van der Waals surface area contributed by atoms with Crippen molar-refractivity contribution in [3.05, 3.63) is 95.2 Å². The molecule has 0 amide bonds. The molecule has 232 valence electrons. The Morgan fingerprint density at radius 1 is 0.889 bits per heavy atom. The number of aromatic nitrogens is 4. The van der Waals surface area contributed by atoms with E-state index in [4.69, 9.17) is 4.98 Å². The van der Waals surface area contributed by atoms with Crippen LogP contribution in [0.4, 0.5) is 34.4 Å². The quantitative estimate of drug-likeness (QED) is 0.252. The topological polar surface area (TPSA) is 94.5 Å². The van der Waals surface area contributed by atoms with Gasteiger partial charge in [-0.15, -0.1) is 0 Å². The molecule has 1 saturated heterocycles. The second-order valence-corrected chi connectivity index (χ2v) is 11.6. The monoisotopic (exact) mass is 603 g/mol. The fourth-order valence-corrected chi connectivity index (χ4v) is 5.78. The van der Waals surface area contributed by atoms with Gasteiger partial charge in [-0.25, -0.2) is 4.98 Å². The Morgan fingerprint density at radius 2 is 1.67 bits per heavy atom. The van der Waals surface area contributed by atoms with Crippen LogP contribution in [0.1, 0.15) is 25.8 Å². The first kappa shape index (κ1) is 30.1. The van der Waals surface area contributed by atoms with Crippen LogP contribution in [0.5, 0.6) is 0 Å². The number of nitrogens with one attached hydrogen (secondary N) is 2. The van der Waals surface area contributed by atoms with E-state index in [1.807, 2.05) is 42.5 Å². The van der Waals surface area contributed by atoms with Crippen LogP contribution in [0.15, 0.2) is 84.0 Å². The first-order chi connectivity index (χ1) is 22.0. The predicted octanol–water partition coefficient (Wildman–Crippen LogP) is 5.96. The average molecular weight is 604 g/mol. The molecule has 2 N–H and O–H groups in total. The van der Waals surface area contributed by atoms with E-state index in [0.717, 1.165) is 60.7 Å². The van der Waals surface area contributed by atoms with Crippen molar-refractivity contribution >= 4 is 45.4 Å². The van der Waals surface area contributed by atoms with E-state index in [9.17, 15) is 4.79 Å². The van der Waals surface area contributed by atoms with Crippen LogP contribution in [0.2, 0.25) is 0 Å². The molecule has 0 radical (unpaired) electrons. The summed E-state index contributed by atoms with van der Waals surface area (Å²) in [5, 5.41) is 7.58. The molecule has 0 bridgehead atoms. The largest absolute Gasteiger partial charge is 0.381 e. The number of hydrogen-bond donors (Lipinski definition) is 2. The highest BCUT2D eigenvalue weighted by Gasteiger charge is 2.24. The molecule has 2 aliphatic heterocycles. The summed E-state index contributed by atoms with van der Waals surface area (Å²) in [4.78, 5) is 34.8. The standard InChI is InChI=1S/C32H33N9O.C3H8/c1-22-5-3-7-27-29(22)34-13-14-40(27)28-19-23-20-35-32(37-30(23)41(31(28)42)26-6-4-12-33-21-26)36-24-8-10-25(11-9-24)39-17-15-38(2)16-18-39;1-3-2/h3-12,19-21,34H,13-18H2,1-2H3,(H,35,36,37);3H2,1-2H3. The summed E-state index contributed by atoms with van der Waals surface area (Å²) >= 11 is 0. The lowest BCUT2D eigenvalue weighted by Gasteiger charge is -2.34. The molecule has 0 spiro atoms. The Balaban J connectivity index is 0.00000115. The number of nitrogens with zero attached hydrogens (tertiary/aromatic N) is 7. The number of aryl methyl sites for hydroxylation is 1. The van der Waals surface area contributed by atoms with E-state index in [1.165, 1.54) is 12.1 Å². The number of anilines is 6. The van der Waals surface area contributed by atoms with Crippen molar-refractivity contribution < 1.29 is 0 Å². The molecule has 5 heterocycles. The van der Waals surface area contributed by atoms with Gasteiger partial charge in [0.05, 0.1) is 23.3 Å². The summed E-state index contributed by atoms with van der Waals surface area (Å²) in [7, 11) is 2.16. The number of likely N-dealkylation sites (N-methyl/N-ethyl adjacent to an activating group) is 1. The molecule has 0 aliphatic carbocycles. The van der Waals surface area contributed by atoms with Gasteiger partial charge in [0.2, 0.25) is 5.95 Å². The Morgan fingerprint density at radius 3 is 2.40 bits per heavy atom. The number of pyridine rings is 2. The maximum absolute atomic E-state index is 14.2. The van der Waals surface area contributed by atoms with Gasteiger partial charge in [0.1, 0.15) is 5.69 Å². The lowest BCUT2D eigenvalue weighted by molar-refractivity contribution is 0.313. The van der Waals surface area contributed by atoms with E-state index in [1.54, 1.807) is 23.2 Å². The van der Waals surface area contributed by atoms with Gasteiger partial charge in [0.15, 0.2) is 5.65 Å². The highest BCUT2D eigenvalue weighted by molar-refractivity contribution is 5.86. The SMILES string of the molecule is CCC.Cc1cccc2c1NCCN2c1cc2cnc(Nc3ccc(N4CCN(C)CC4)cc3)nc2n(-c2cccnc2)c1=O. The van der Waals surface area contributed by atoms with Gasteiger partial charge in [-0.2, -0.15) is 4.98 Å². The molecule has 7 rings (SSSR count). The molecular formula is C35H41N9O. The third kappa shape index (κ3) is 6.32. The van der Waals surface area contributed by atoms with E-state index >= 15 is 0 Å². The predicted molar refractivity (Wildman–Crippen MR) is 185 cm³/mol. The zero-order valence-electron chi connectivity index (χ0n) is 26.5. The van der Waals surface area contributed by atoms with Gasteiger partial charge >= 0.3 is 0 Å². The first-order valence-electron chi connectivity index (χ1n) is 15.7. The molecule has 0 unspecified atom stereocenters. The zero-order chi connectivity index (χ0) is 31.3. The Bertz CT molecular complexity index is 1810. The van der Waals surface area contributed by atoms with Crippen molar-refractivity contribution in [1.29, 1.82) is 0 Å². The van der Waals surface area contributed by atoms with Crippen LogP contribution in [0, 0.1) is 6.92 Å². The highest BCUT2D eigenvalue weighted by Crippen LogP contribution is 2.36. The van der Waals surface area contributed by atoms with Crippen molar-refractivity contribution in [2.75, 3.05) is 66.7 Å². The van der Waals surface area contributed by atoms with Gasteiger partial charge in [-0.1, -0.05) is 32.4 Å². The van der Waals surface area contributed by atoms with Gasteiger partial charge in [0.25, 0.3) is 5.56 Å². The van der Waals surface area contributed by atoms with Gasteiger partial charge < -0.3 is 25.3 Å². The van der Waals surface area contributed by atoms with Crippen LogP contribution in [-0.4, -0.2) is 70.7 Å². The third-order valence-electron chi connectivity index (χ3n) is 8.09. The molecule has 2 aliphatic rings. The maximum Gasteiger partial charge on any atom is 0.280 e. The smallest absolute Gasteiger partial charge is 0.280 e. The molecule has 0 atom stereocenters.